The van der Waals surface area contributed by atoms with Crippen LogP contribution >= 0.6 is 0 Å². The predicted molar refractivity (Wildman–Crippen MR) is 78.2 cm³/mol. The quantitative estimate of drug-likeness (QED) is 0.827. The molecule has 0 saturated heterocycles. The lowest BCUT2D eigenvalue weighted by Crippen LogP contribution is -2.42. The van der Waals surface area contributed by atoms with Crippen LogP contribution in [0.1, 0.15) is 36.2 Å². The van der Waals surface area contributed by atoms with Gasteiger partial charge in [-0.15, -0.1) is 0 Å². The van der Waals surface area contributed by atoms with Crippen molar-refractivity contribution in [3.05, 3.63) is 35.4 Å². The first kappa shape index (κ1) is 16.0. The van der Waals surface area contributed by atoms with Crippen molar-refractivity contribution in [3.63, 3.8) is 0 Å². The molecule has 1 aliphatic heterocycles. The minimum atomic E-state index is -0.858. The number of benzene rings is 1. The normalized spacial score (nSPS) is 16.7. The number of carbonyl (C=O) groups is 3. The smallest absolute Gasteiger partial charge is 0.339 e. The number of hydrogen-bond acceptors (Lipinski definition) is 5. The van der Waals surface area contributed by atoms with E-state index in [0.29, 0.717) is 12.0 Å². The van der Waals surface area contributed by atoms with Gasteiger partial charge in [-0.05, 0) is 25.5 Å². The Morgan fingerprint density at radius 3 is 2.82 bits per heavy atom. The fourth-order valence-corrected chi connectivity index (χ4v) is 2.20. The zero-order chi connectivity index (χ0) is 16.1. The maximum atomic E-state index is 12.0. The Bertz CT molecular complexity index is 582. The number of hydrogen-bond donors (Lipinski definition) is 1. The number of esters is 2. The summed E-state index contributed by atoms with van der Waals surface area (Å²) in [7, 11) is 0. The van der Waals surface area contributed by atoms with E-state index in [9.17, 15) is 14.4 Å². The molecule has 0 aliphatic carbocycles. The number of ether oxygens (including phenoxy) is 2. The molecular formula is C16H19NO5. The van der Waals surface area contributed by atoms with Crippen molar-refractivity contribution in [2.45, 2.75) is 38.9 Å². The van der Waals surface area contributed by atoms with Gasteiger partial charge in [0, 0.05) is 13.0 Å². The molecular weight excluding hydrogens is 286 g/mol. The summed E-state index contributed by atoms with van der Waals surface area (Å²) < 4.78 is 10.1. The number of nitrogens with one attached hydrogen (secondary N) is 1. The van der Waals surface area contributed by atoms with Crippen LogP contribution in [-0.4, -0.2) is 36.6 Å². The van der Waals surface area contributed by atoms with Gasteiger partial charge >= 0.3 is 11.9 Å². The molecule has 0 radical (unpaired) electrons. The lowest BCUT2D eigenvalue weighted by atomic mass is 9.98. The third kappa shape index (κ3) is 4.07. The van der Waals surface area contributed by atoms with E-state index in [-0.39, 0.29) is 25.0 Å². The van der Waals surface area contributed by atoms with Crippen LogP contribution < -0.4 is 5.32 Å². The van der Waals surface area contributed by atoms with Crippen LogP contribution in [0, 0.1) is 0 Å². The molecule has 2 rings (SSSR count). The molecule has 6 nitrogen and oxygen atoms in total. The van der Waals surface area contributed by atoms with Crippen molar-refractivity contribution in [2.24, 2.45) is 0 Å². The number of cyclic esters (lactones) is 1. The molecule has 0 saturated carbocycles. The van der Waals surface area contributed by atoms with E-state index >= 15 is 0 Å². The molecule has 0 fully saturated rings. The molecule has 1 unspecified atom stereocenters. The highest BCUT2D eigenvalue weighted by Crippen LogP contribution is 2.20. The topological polar surface area (TPSA) is 81.7 Å². The zero-order valence-electron chi connectivity index (χ0n) is 12.6. The summed E-state index contributed by atoms with van der Waals surface area (Å²) >= 11 is 0. The van der Waals surface area contributed by atoms with Crippen LogP contribution in [0.2, 0.25) is 0 Å². The van der Waals surface area contributed by atoms with Crippen LogP contribution in [0.15, 0.2) is 24.3 Å². The highest BCUT2D eigenvalue weighted by Gasteiger charge is 2.30. The van der Waals surface area contributed by atoms with Gasteiger partial charge in [-0.3, -0.25) is 9.59 Å². The van der Waals surface area contributed by atoms with Crippen molar-refractivity contribution in [3.8, 4) is 0 Å². The molecule has 1 aromatic carbocycles. The van der Waals surface area contributed by atoms with E-state index in [2.05, 4.69) is 5.32 Å². The summed E-state index contributed by atoms with van der Waals surface area (Å²) in [4.78, 5) is 35.2. The van der Waals surface area contributed by atoms with E-state index in [1.807, 2.05) is 6.07 Å². The molecule has 1 atom stereocenters. The van der Waals surface area contributed by atoms with Gasteiger partial charge in [0.15, 0.2) is 6.10 Å². The summed E-state index contributed by atoms with van der Waals surface area (Å²) in [5.74, 6) is -1.28. The number of amides is 1. The molecule has 1 aromatic rings. The SMILES string of the molecule is CC(C)OC(=O)CCNC(=O)C1Cc2ccccc2C(=O)O1. The second-order valence-electron chi connectivity index (χ2n) is 5.33. The standard InChI is InChI=1S/C16H19NO5/c1-10(2)21-14(18)7-8-17-15(19)13-9-11-5-3-4-6-12(11)16(20)22-13/h3-6,10,13H,7-9H2,1-2H3,(H,17,19). The zero-order valence-corrected chi connectivity index (χ0v) is 12.6. The molecule has 0 spiro atoms. The molecule has 6 heteroatoms. The van der Waals surface area contributed by atoms with Crippen LogP contribution in [0.4, 0.5) is 0 Å². The Morgan fingerprint density at radius 1 is 1.36 bits per heavy atom. The van der Waals surface area contributed by atoms with E-state index in [4.69, 9.17) is 9.47 Å². The van der Waals surface area contributed by atoms with Crippen LogP contribution in [-0.2, 0) is 25.5 Å². The van der Waals surface area contributed by atoms with Gasteiger partial charge in [0.25, 0.3) is 5.91 Å². The Labute approximate surface area is 128 Å². The summed E-state index contributed by atoms with van der Waals surface area (Å²) in [6.07, 6.45) is -0.617. The molecule has 1 heterocycles. The minimum absolute atomic E-state index is 0.0845. The fourth-order valence-electron chi connectivity index (χ4n) is 2.20. The van der Waals surface area contributed by atoms with E-state index < -0.39 is 18.0 Å². The Kier molecular flexibility index (Phi) is 5.14. The van der Waals surface area contributed by atoms with Crippen molar-refractivity contribution < 1.29 is 23.9 Å². The Hall–Kier alpha value is -2.37. The van der Waals surface area contributed by atoms with Gasteiger partial charge in [0.1, 0.15) is 0 Å². The molecule has 118 valence electrons. The highest BCUT2D eigenvalue weighted by molar-refractivity contribution is 5.95. The second-order valence-corrected chi connectivity index (χ2v) is 5.33. The third-order valence-electron chi connectivity index (χ3n) is 3.18. The molecule has 0 bridgehead atoms. The van der Waals surface area contributed by atoms with Gasteiger partial charge in [-0.2, -0.15) is 0 Å². The summed E-state index contributed by atoms with van der Waals surface area (Å²) in [6.45, 7) is 3.67. The summed E-state index contributed by atoms with van der Waals surface area (Å²) in [6, 6.07) is 7.04. The summed E-state index contributed by atoms with van der Waals surface area (Å²) in [5, 5.41) is 2.59. The van der Waals surface area contributed by atoms with Crippen LogP contribution in [0.25, 0.3) is 0 Å². The number of fused-ring (bicyclic) bond motifs is 1. The Balaban J connectivity index is 1.84. The average molecular weight is 305 g/mol. The third-order valence-corrected chi connectivity index (χ3v) is 3.18. The first-order valence-corrected chi connectivity index (χ1v) is 7.23. The van der Waals surface area contributed by atoms with Crippen LogP contribution in [0.5, 0.6) is 0 Å². The largest absolute Gasteiger partial charge is 0.463 e. The van der Waals surface area contributed by atoms with Gasteiger partial charge in [0.05, 0.1) is 18.1 Å². The van der Waals surface area contributed by atoms with E-state index in [0.717, 1.165) is 5.56 Å². The minimum Gasteiger partial charge on any atom is -0.463 e. The second kappa shape index (κ2) is 7.06. The maximum Gasteiger partial charge on any atom is 0.339 e. The maximum absolute atomic E-state index is 12.0. The monoisotopic (exact) mass is 305 g/mol. The van der Waals surface area contributed by atoms with Gasteiger partial charge in [0.2, 0.25) is 0 Å². The molecule has 1 amide bonds. The summed E-state index contributed by atoms with van der Waals surface area (Å²) in [5.41, 5.74) is 1.28. The predicted octanol–water partition coefficient (Wildman–Crippen LogP) is 1.23. The first-order valence-electron chi connectivity index (χ1n) is 7.23. The van der Waals surface area contributed by atoms with Crippen molar-refractivity contribution in [1.29, 1.82) is 0 Å². The molecule has 0 aromatic heterocycles. The fraction of sp³-hybridized carbons (Fsp3) is 0.438. The van der Waals surface area contributed by atoms with Gasteiger partial charge in [-0.25, -0.2) is 4.79 Å². The Morgan fingerprint density at radius 2 is 2.09 bits per heavy atom. The van der Waals surface area contributed by atoms with Crippen LogP contribution in [0.3, 0.4) is 0 Å². The number of carbonyl (C=O) groups excluding carboxylic acids is 3. The lowest BCUT2D eigenvalue weighted by molar-refractivity contribution is -0.147. The van der Waals surface area contributed by atoms with E-state index in [1.165, 1.54) is 0 Å². The number of rotatable bonds is 5. The van der Waals surface area contributed by atoms with Gasteiger partial charge in [-0.1, -0.05) is 18.2 Å². The van der Waals surface area contributed by atoms with E-state index in [1.54, 1.807) is 32.0 Å². The van der Waals surface area contributed by atoms with Gasteiger partial charge < -0.3 is 14.8 Å². The van der Waals surface area contributed by atoms with Crippen molar-refractivity contribution in [1.82, 2.24) is 5.32 Å². The first-order chi connectivity index (χ1) is 10.5. The van der Waals surface area contributed by atoms with Crippen molar-refractivity contribution >= 4 is 17.8 Å². The average Bonchev–Trinajstić information content (AvgIpc) is 2.46. The molecule has 1 aliphatic rings. The lowest BCUT2D eigenvalue weighted by Gasteiger charge is -2.23. The molecule has 1 N–H and O–H groups in total. The highest BCUT2D eigenvalue weighted by atomic mass is 16.6. The molecule has 22 heavy (non-hydrogen) atoms. The van der Waals surface area contributed by atoms with Crippen molar-refractivity contribution in [2.75, 3.05) is 6.54 Å².